The first kappa shape index (κ1) is 18.4. The van der Waals surface area contributed by atoms with Crippen LogP contribution in [0.5, 0.6) is 11.5 Å². The molecule has 0 spiro atoms. The minimum Gasteiger partial charge on any atom is -0.507 e. The molecule has 0 bridgehead atoms. The number of ether oxygens (including phenoxy) is 2. The van der Waals surface area contributed by atoms with Crippen LogP contribution in [-0.4, -0.2) is 38.0 Å². The topological polar surface area (TPSA) is 72.8 Å². The molecule has 0 fully saturated rings. The standard InChI is InChI=1S/C11H14O3.C7H6O2/c1-13-7-4-8-14-11-6-3-2-5-10(11)9-12;8-5-6-3-1-2-4-7(6)9/h2-3,5-6,9H,4,7-8H2,1H3;1-5,9H. The Morgan fingerprint density at radius 2 is 1.52 bits per heavy atom. The van der Waals surface area contributed by atoms with E-state index in [0.717, 1.165) is 12.7 Å². The normalized spacial score (nSPS) is 9.43. The molecule has 0 atom stereocenters. The Morgan fingerprint density at radius 3 is 2.09 bits per heavy atom. The number of methoxy groups -OCH3 is 1. The van der Waals surface area contributed by atoms with Gasteiger partial charge in [-0.25, -0.2) is 0 Å². The zero-order chi connectivity index (χ0) is 16.9. The zero-order valence-corrected chi connectivity index (χ0v) is 13.0. The van der Waals surface area contributed by atoms with Gasteiger partial charge in [-0.2, -0.15) is 0 Å². The molecule has 0 aliphatic carbocycles. The van der Waals surface area contributed by atoms with Gasteiger partial charge in [-0.3, -0.25) is 9.59 Å². The molecule has 0 radical (unpaired) electrons. The molecule has 0 saturated carbocycles. The van der Waals surface area contributed by atoms with E-state index in [-0.39, 0.29) is 5.75 Å². The number of carbonyl (C=O) groups is 2. The number of hydrogen-bond acceptors (Lipinski definition) is 5. The molecule has 23 heavy (non-hydrogen) atoms. The van der Waals surface area contributed by atoms with E-state index in [2.05, 4.69) is 0 Å². The van der Waals surface area contributed by atoms with Crippen molar-refractivity contribution >= 4 is 12.6 Å². The highest BCUT2D eigenvalue weighted by atomic mass is 16.5. The lowest BCUT2D eigenvalue weighted by Gasteiger charge is -2.07. The molecule has 2 rings (SSSR count). The summed E-state index contributed by atoms with van der Waals surface area (Å²) in [6.45, 7) is 1.24. The van der Waals surface area contributed by atoms with Crippen molar-refractivity contribution in [3.63, 3.8) is 0 Å². The largest absolute Gasteiger partial charge is 0.507 e. The lowest BCUT2D eigenvalue weighted by molar-refractivity contribution is 0.111. The highest BCUT2D eigenvalue weighted by Crippen LogP contribution is 2.15. The third-order valence-corrected chi connectivity index (χ3v) is 2.86. The number of benzene rings is 2. The number of aromatic hydroxyl groups is 1. The number of carbonyl (C=O) groups excluding carboxylic acids is 2. The molecule has 2 aromatic carbocycles. The molecule has 0 aliphatic heterocycles. The predicted molar refractivity (Wildman–Crippen MR) is 87.3 cm³/mol. The van der Waals surface area contributed by atoms with Gasteiger partial charge >= 0.3 is 0 Å². The molecule has 5 nitrogen and oxygen atoms in total. The molecular weight excluding hydrogens is 296 g/mol. The summed E-state index contributed by atoms with van der Waals surface area (Å²) in [7, 11) is 1.65. The minimum absolute atomic E-state index is 0.0347. The van der Waals surface area contributed by atoms with Gasteiger partial charge in [0.2, 0.25) is 0 Å². The summed E-state index contributed by atoms with van der Waals surface area (Å²) < 4.78 is 10.3. The second-order valence-corrected chi connectivity index (χ2v) is 4.53. The lowest BCUT2D eigenvalue weighted by atomic mass is 10.2. The number of hydrogen-bond donors (Lipinski definition) is 1. The van der Waals surface area contributed by atoms with Crippen LogP contribution in [0.4, 0.5) is 0 Å². The van der Waals surface area contributed by atoms with E-state index >= 15 is 0 Å². The van der Waals surface area contributed by atoms with Gasteiger partial charge in [0.25, 0.3) is 0 Å². The van der Waals surface area contributed by atoms with E-state index < -0.39 is 0 Å². The Balaban J connectivity index is 0.000000253. The van der Waals surface area contributed by atoms with E-state index in [1.165, 1.54) is 6.07 Å². The predicted octanol–water partition coefficient (Wildman–Crippen LogP) is 3.12. The number of aldehydes is 2. The molecule has 1 N–H and O–H groups in total. The van der Waals surface area contributed by atoms with Crippen LogP contribution in [0.15, 0.2) is 48.5 Å². The van der Waals surface area contributed by atoms with Crippen molar-refractivity contribution in [2.75, 3.05) is 20.3 Å². The summed E-state index contributed by atoms with van der Waals surface area (Å²) in [5.74, 6) is 0.672. The van der Waals surface area contributed by atoms with Gasteiger partial charge in [0, 0.05) is 20.1 Å². The summed E-state index contributed by atoms with van der Waals surface area (Å²) >= 11 is 0. The molecule has 0 aliphatic rings. The number of phenols is 1. The highest BCUT2D eigenvalue weighted by molar-refractivity contribution is 5.79. The highest BCUT2D eigenvalue weighted by Gasteiger charge is 2.00. The van der Waals surface area contributed by atoms with Crippen molar-refractivity contribution in [2.24, 2.45) is 0 Å². The van der Waals surface area contributed by atoms with Crippen molar-refractivity contribution in [3.05, 3.63) is 59.7 Å². The monoisotopic (exact) mass is 316 g/mol. The molecule has 2 aromatic rings. The Hall–Kier alpha value is -2.66. The number of rotatable bonds is 7. The first-order chi connectivity index (χ1) is 11.2. The Kier molecular flexibility index (Phi) is 8.78. The molecule has 0 unspecified atom stereocenters. The van der Waals surface area contributed by atoms with Gasteiger partial charge in [0.05, 0.1) is 17.7 Å². The third-order valence-electron chi connectivity index (χ3n) is 2.86. The number of para-hydroxylation sites is 2. The van der Waals surface area contributed by atoms with Crippen molar-refractivity contribution in [3.8, 4) is 11.5 Å². The summed E-state index contributed by atoms with van der Waals surface area (Å²) in [5.41, 5.74) is 0.919. The van der Waals surface area contributed by atoms with Gasteiger partial charge < -0.3 is 14.6 Å². The molecule has 0 aromatic heterocycles. The molecule has 0 heterocycles. The summed E-state index contributed by atoms with van der Waals surface area (Å²) in [6, 6.07) is 13.6. The SMILES string of the molecule is COCCCOc1ccccc1C=O.O=Cc1ccccc1O. The van der Waals surface area contributed by atoms with Crippen LogP contribution >= 0.6 is 0 Å². The van der Waals surface area contributed by atoms with Crippen molar-refractivity contribution < 1.29 is 24.2 Å². The fourth-order valence-corrected chi connectivity index (χ4v) is 1.68. The van der Waals surface area contributed by atoms with E-state index in [4.69, 9.17) is 14.6 Å². The second-order valence-electron chi connectivity index (χ2n) is 4.53. The maximum Gasteiger partial charge on any atom is 0.153 e. The van der Waals surface area contributed by atoms with Gasteiger partial charge in [-0.15, -0.1) is 0 Å². The fourth-order valence-electron chi connectivity index (χ4n) is 1.68. The third kappa shape index (κ3) is 6.76. The molecule has 0 amide bonds. The van der Waals surface area contributed by atoms with Crippen LogP contribution in [0.1, 0.15) is 27.1 Å². The van der Waals surface area contributed by atoms with Crippen LogP contribution in [0.2, 0.25) is 0 Å². The van der Waals surface area contributed by atoms with Crippen LogP contribution in [-0.2, 0) is 4.74 Å². The van der Waals surface area contributed by atoms with Crippen LogP contribution < -0.4 is 4.74 Å². The van der Waals surface area contributed by atoms with Gasteiger partial charge in [-0.05, 0) is 24.3 Å². The first-order valence-corrected chi connectivity index (χ1v) is 7.12. The maximum absolute atomic E-state index is 10.6. The Bertz CT molecular complexity index is 610. The molecule has 5 heteroatoms. The van der Waals surface area contributed by atoms with Gasteiger partial charge in [0.1, 0.15) is 11.5 Å². The first-order valence-electron chi connectivity index (χ1n) is 7.12. The van der Waals surface area contributed by atoms with E-state index in [9.17, 15) is 9.59 Å². The van der Waals surface area contributed by atoms with E-state index in [0.29, 0.717) is 36.4 Å². The van der Waals surface area contributed by atoms with Crippen LogP contribution in [0, 0.1) is 0 Å². The van der Waals surface area contributed by atoms with Crippen LogP contribution in [0.3, 0.4) is 0 Å². The average Bonchev–Trinajstić information content (AvgIpc) is 2.60. The minimum atomic E-state index is 0.0347. The number of phenolic OH excluding ortho intramolecular Hbond substituents is 1. The summed E-state index contributed by atoms with van der Waals surface area (Å²) in [6.07, 6.45) is 2.24. The average molecular weight is 316 g/mol. The Labute approximate surface area is 135 Å². The lowest BCUT2D eigenvalue weighted by Crippen LogP contribution is -2.02. The van der Waals surface area contributed by atoms with Crippen molar-refractivity contribution in [1.82, 2.24) is 0 Å². The molecular formula is C18H20O5. The second kappa shape index (κ2) is 11.0. The Morgan fingerprint density at radius 1 is 0.913 bits per heavy atom. The van der Waals surface area contributed by atoms with Gasteiger partial charge in [-0.1, -0.05) is 24.3 Å². The quantitative estimate of drug-likeness (QED) is 0.627. The fraction of sp³-hybridized carbons (Fsp3) is 0.222. The van der Waals surface area contributed by atoms with Crippen molar-refractivity contribution in [1.29, 1.82) is 0 Å². The maximum atomic E-state index is 10.6. The smallest absolute Gasteiger partial charge is 0.153 e. The molecule has 0 saturated heterocycles. The van der Waals surface area contributed by atoms with Crippen LogP contribution in [0.25, 0.3) is 0 Å². The molecule has 122 valence electrons. The van der Waals surface area contributed by atoms with E-state index in [1.807, 2.05) is 12.1 Å². The van der Waals surface area contributed by atoms with Crippen molar-refractivity contribution in [2.45, 2.75) is 6.42 Å². The summed E-state index contributed by atoms with van der Waals surface area (Å²) in [5, 5.41) is 8.88. The van der Waals surface area contributed by atoms with E-state index in [1.54, 1.807) is 37.4 Å². The zero-order valence-electron chi connectivity index (χ0n) is 13.0. The summed E-state index contributed by atoms with van der Waals surface area (Å²) in [4.78, 5) is 20.7. The van der Waals surface area contributed by atoms with Gasteiger partial charge in [0.15, 0.2) is 12.6 Å².